The fourth-order valence-corrected chi connectivity index (χ4v) is 3.13. The number of hydrogen-bond donors (Lipinski definition) is 1. The molecule has 1 unspecified atom stereocenters. The number of nitro groups is 1. The minimum absolute atomic E-state index is 0.0524. The number of ether oxygens (including phenoxy) is 1. The summed E-state index contributed by atoms with van der Waals surface area (Å²) in [6.07, 6.45) is 0. The molecule has 0 aliphatic carbocycles. The van der Waals surface area contributed by atoms with E-state index >= 15 is 0 Å². The summed E-state index contributed by atoms with van der Waals surface area (Å²) in [5.41, 5.74) is 1.19. The molecule has 7 heteroatoms. The third-order valence-corrected chi connectivity index (χ3v) is 4.26. The van der Waals surface area contributed by atoms with Crippen LogP contribution in [0.4, 0.5) is 5.69 Å². The van der Waals surface area contributed by atoms with E-state index in [0.717, 1.165) is 10.8 Å². The Bertz CT molecular complexity index is 1060. The van der Waals surface area contributed by atoms with E-state index in [1.807, 2.05) is 30.3 Å². The van der Waals surface area contributed by atoms with E-state index in [9.17, 15) is 19.7 Å². The summed E-state index contributed by atoms with van der Waals surface area (Å²) in [5, 5.41) is 15.5. The summed E-state index contributed by atoms with van der Waals surface area (Å²) in [6, 6.07) is 16.3. The molecule has 0 saturated heterocycles. The van der Waals surface area contributed by atoms with Crippen molar-refractivity contribution in [1.29, 1.82) is 0 Å². The van der Waals surface area contributed by atoms with Gasteiger partial charge >= 0.3 is 5.97 Å². The highest BCUT2D eigenvalue weighted by Gasteiger charge is 2.23. The fourth-order valence-electron chi connectivity index (χ4n) is 3.13. The predicted molar refractivity (Wildman–Crippen MR) is 104 cm³/mol. The summed E-state index contributed by atoms with van der Waals surface area (Å²) in [4.78, 5) is 34.0. The van der Waals surface area contributed by atoms with Crippen LogP contribution in [0.1, 0.15) is 31.0 Å². The van der Waals surface area contributed by atoms with Crippen LogP contribution in [0.25, 0.3) is 10.8 Å². The van der Waals surface area contributed by atoms with Gasteiger partial charge in [-0.3, -0.25) is 19.7 Å². The SMILES string of the molecule is CC(=O)NC(c1ccc([N+](=O)[O-])cc1)c1c(OC(C)=O)ccc2ccccc12. The van der Waals surface area contributed by atoms with Gasteiger partial charge in [-0.25, -0.2) is 0 Å². The van der Waals surface area contributed by atoms with Crippen molar-refractivity contribution >= 4 is 28.3 Å². The van der Waals surface area contributed by atoms with E-state index in [0.29, 0.717) is 16.9 Å². The zero-order valence-electron chi connectivity index (χ0n) is 15.3. The third kappa shape index (κ3) is 3.98. The van der Waals surface area contributed by atoms with Crippen LogP contribution in [0.2, 0.25) is 0 Å². The molecule has 0 bridgehead atoms. The van der Waals surface area contributed by atoms with Gasteiger partial charge < -0.3 is 10.1 Å². The second kappa shape index (κ2) is 7.87. The van der Waals surface area contributed by atoms with Gasteiger partial charge in [0.15, 0.2) is 0 Å². The molecule has 0 aliphatic heterocycles. The summed E-state index contributed by atoms with van der Waals surface area (Å²) in [6.45, 7) is 2.69. The monoisotopic (exact) mass is 378 g/mol. The largest absolute Gasteiger partial charge is 0.426 e. The number of nitrogens with zero attached hydrogens (tertiary/aromatic N) is 1. The van der Waals surface area contributed by atoms with Crippen molar-refractivity contribution in [3.05, 3.63) is 81.9 Å². The Kier molecular flexibility index (Phi) is 5.35. The normalized spacial score (nSPS) is 11.6. The zero-order chi connectivity index (χ0) is 20.3. The van der Waals surface area contributed by atoms with E-state index < -0.39 is 16.9 Å². The number of nitrogens with one attached hydrogen (secondary N) is 1. The van der Waals surface area contributed by atoms with E-state index in [1.54, 1.807) is 18.2 Å². The summed E-state index contributed by atoms with van der Waals surface area (Å²) >= 11 is 0. The highest BCUT2D eigenvalue weighted by molar-refractivity contribution is 5.90. The molecule has 142 valence electrons. The number of hydrogen-bond acceptors (Lipinski definition) is 5. The van der Waals surface area contributed by atoms with Crippen molar-refractivity contribution in [3.63, 3.8) is 0 Å². The van der Waals surface area contributed by atoms with Gasteiger partial charge in [0.1, 0.15) is 5.75 Å². The van der Waals surface area contributed by atoms with E-state index in [4.69, 9.17) is 4.74 Å². The van der Waals surface area contributed by atoms with Gasteiger partial charge in [-0.2, -0.15) is 0 Å². The van der Waals surface area contributed by atoms with Gasteiger partial charge in [-0.05, 0) is 34.5 Å². The Morgan fingerprint density at radius 2 is 1.68 bits per heavy atom. The Balaban J connectivity index is 2.23. The second-order valence-corrected chi connectivity index (χ2v) is 6.27. The van der Waals surface area contributed by atoms with Crippen LogP contribution in [0.15, 0.2) is 60.7 Å². The Morgan fingerprint density at radius 3 is 2.29 bits per heavy atom. The van der Waals surface area contributed by atoms with Gasteiger partial charge in [0.25, 0.3) is 5.69 Å². The lowest BCUT2D eigenvalue weighted by atomic mass is 9.92. The van der Waals surface area contributed by atoms with Gasteiger partial charge in [-0.1, -0.05) is 30.3 Å². The molecule has 0 saturated carbocycles. The van der Waals surface area contributed by atoms with E-state index in [1.165, 1.54) is 26.0 Å². The molecular formula is C21H18N2O5. The first-order chi connectivity index (χ1) is 13.4. The quantitative estimate of drug-likeness (QED) is 0.314. The standard InChI is InChI=1S/C21H18N2O5/c1-13(24)22-21(16-7-10-17(11-8-16)23(26)27)20-18-6-4-3-5-15(18)9-12-19(20)28-14(2)25/h3-12,21H,1-2H3,(H,22,24). The molecule has 3 rings (SSSR count). The molecule has 0 radical (unpaired) electrons. The molecular weight excluding hydrogens is 360 g/mol. The number of amides is 1. The second-order valence-electron chi connectivity index (χ2n) is 6.27. The number of fused-ring (bicyclic) bond motifs is 1. The molecule has 1 amide bonds. The van der Waals surface area contributed by atoms with Gasteiger partial charge in [0, 0.05) is 31.5 Å². The molecule has 7 nitrogen and oxygen atoms in total. The van der Waals surface area contributed by atoms with Crippen molar-refractivity contribution in [2.75, 3.05) is 0 Å². The molecule has 0 spiro atoms. The van der Waals surface area contributed by atoms with Gasteiger partial charge in [-0.15, -0.1) is 0 Å². The summed E-state index contributed by atoms with van der Waals surface area (Å²) < 4.78 is 5.40. The first-order valence-corrected chi connectivity index (χ1v) is 8.58. The first-order valence-electron chi connectivity index (χ1n) is 8.58. The van der Waals surface area contributed by atoms with Crippen molar-refractivity contribution in [3.8, 4) is 5.75 Å². The Labute approximate surface area is 161 Å². The minimum Gasteiger partial charge on any atom is -0.426 e. The Morgan fingerprint density at radius 1 is 1.00 bits per heavy atom. The van der Waals surface area contributed by atoms with Crippen LogP contribution in [-0.4, -0.2) is 16.8 Å². The minimum atomic E-state index is -0.654. The van der Waals surface area contributed by atoms with Crippen LogP contribution in [0.5, 0.6) is 5.75 Å². The summed E-state index contributed by atoms with van der Waals surface area (Å²) in [5.74, 6) is -0.449. The number of benzene rings is 3. The number of nitro benzene ring substituents is 1. The number of rotatable bonds is 5. The van der Waals surface area contributed by atoms with Crippen molar-refractivity contribution in [1.82, 2.24) is 5.32 Å². The predicted octanol–water partition coefficient (Wildman–Crippen LogP) is 3.90. The lowest BCUT2D eigenvalue weighted by molar-refractivity contribution is -0.384. The molecule has 28 heavy (non-hydrogen) atoms. The van der Waals surface area contributed by atoms with Crippen molar-refractivity contribution in [2.24, 2.45) is 0 Å². The molecule has 0 aliphatic rings. The lowest BCUT2D eigenvalue weighted by Gasteiger charge is -2.23. The zero-order valence-corrected chi connectivity index (χ0v) is 15.3. The van der Waals surface area contributed by atoms with Crippen LogP contribution < -0.4 is 10.1 Å². The molecule has 0 fully saturated rings. The lowest BCUT2D eigenvalue weighted by Crippen LogP contribution is -2.27. The van der Waals surface area contributed by atoms with E-state index in [2.05, 4.69) is 5.32 Å². The number of carbonyl (C=O) groups excluding carboxylic acids is 2. The van der Waals surface area contributed by atoms with Crippen LogP contribution in [0, 0.1) is 10.1 Å². The fraction of sp³-hybridized carbons (Fsp3) is 0.143. The molecule has 1 atom stereocenters. The van der Waals surface area contributed by atoms with Crippen LogP contribution >= 0.6 is 0 Å². The summed E-state index contributed by atoms with van der Waals surface area (Å²) in [7, 11) is 0. The molecule has 0 aromatic heterocycles. The molecule has 3 aromatic rings. The van der Waals surface area contributed by atoms with E-state index in [-0.39, 0.29) is 11.6 Å². The smallest absolute Gasteiger partial charge is 0.308 e. The van der Waals surface area contributed by atoms with Crippen LogP contribution in [0.3, 0.4) is 0 Å². The molecule has 0 heterocycles. The average molecular weight is 378 g/mol. The van der Waals surface area contributed by atoms with Gasteiger partial charge in [0.2, 0.25) is 5.91 Å². The van der Waals surface area contributed by atoms with Crippen molar-refractivity contribution in [2.45, 2.75) is 19.9 Å². The van der Waals surface area contributed by atoms with Crippen molar-refractivity contribution < 1.29 is 19.2 Å². The number of carbonyl (C=O) groups is 2. The Hall–Kier alpha value is -3.74. The highest BCUT2D eigenvalue weighted by Crippen LogP contribution is 2.37. The topological polar surface area (TPSA) is 98.5 Å². The average Bonchev–Trinajstić information content (AvgIpc) is 2.66. The molecule has 3 aromatic carbocycles. The number of esters is 1. The maximum absolute atomic E-state index is 11.9. The highest BCUT2D eigenvalue weighted by atomic mass is 16.6. The number of non-ortho nitro benzene ring substituents is 1. The van der Waals surface area contributed by atoms with Gasteiger partial charge in [0.05, 0.1) is 11.0 Å². The van der Waals surface area contributed by atoms with Crippen LogP contribution in [-0.2, 0) is 9.59 Å². The maximum atomic E-state index is 11.9. The molecule has 1 N–H and O–H groups in total. The third-order valence-electron chi connectivity index (χ3n) is 4.26. The maximum Gasteiger partial charge on any atom is 0.308 e. The first kappa shape index (κ1) is 19.0.